The van der Waals surface area contributed by atoms with Gasteiger partial charge in [-0.15, -0.1) is 0 Å². The first-order valence-corrected chi connectivity index (χ1v) is 9.43. The molecule has 5 nitrogen and oxygen atoms in total. The van der Waals surface area contributed by atoms with Crippen LogP contribution >= 0.6 is 0 Å². The van der Waals surface area contributed by atoms with Gasteiger partial charge in [0.05, 0.1) is 11.4 Å². The van der Waals surface area contributed by atoms with Crippen molar-refractivity contribution in [2.45, 2.75) is 26.9 Å². The van der Waals surface area contributed by atoms with E-state index < -0.39 is 6.10 Å². The highest BCUT2D eigenvalue weighted by molar-refractivity contribution is 6.00. The van der Waals surface area contributed by atoms with Crippen LogP contribution < -0.4 is 15.4 Å². The molecule has 0 aromatic heterocycles. The fourth-order valence-corrected chi connectivity index (χ4v) is 2.91. The summed E-state index contributed by atoms with van der Waals surface area (Å²) in [4.78, 5) is 24.0. The number of rotatable bonds is 6. The molecule has 2 N–H and O–H groups in total. The molecule has 0 aliphatic carbocycles. The molecule has 0 heterocycles. The average molecular weight is 388 g/mol. The van der Waals surface area contributed by atoms with E-state index in [9.17, 15) is 9.59 Å². The first kappa shape index (κ1) is 20.1. The minimum atomic E-state index is -0.705. The van der Waals surface area contributed by atoms with Crippen LogP contribution in [-0.2, 0) is 9.59 Å². The fraction of sp³-hybridized carbons (Fsp3) is 0.167. The number of amides is 2. The van der Waals surface area contributed by atoms with E-state index in [1.165, 1.54) is 6.92 Å². The van der Waals surface area contributed by atoms with Gasteiger partial charge in [0.2, 0.25) is 5.91 Å². The molecular weight excluding hydrogens is 364 g/mol. The van der Waals surface area contributed by atoms with Crippen LogP contribution in [0, 0.1) is 6.92 Å². The molecule has 0 bridgehead atoms. The van der Waals surface area contributed by atoms with Crippen LogP contribution in [0.3, 0.4) is 0 Å². The van der Waals surface area contributed by atoms with Crippen LogP contribution in [0.25, 0.3) is 11.1 Å². The van der Waals surface area contributed by atoms with E-state index in [-0.39, 0.29) is 11.8 Å². The Morgan fingerprint density at radius 2 is 1.48 bits per heavy atom. The molecule has 3 aromatic carbocycles. The minimum Gasteiger partial charge on any atom is -0.481 e. The van der Waals surface area contributed by atoms with Gasteiger partial charge in [0, 0.05) is 6.92 Å². The number of carbonyl (C=O) groups is 2. The molecule has 1 unspecified atom stereocenters. The van der Waals surface area contributed by atoms with Crippen LogP contribution in [0.15, 0.2) is 72.8 Å². The second kappa shape index (κ2) is 9.06. The van der Waals surface area contributed by atoms with E-state index in [0.717, 1.165) is 16.7 Å². The summed E-state index contributed by atoms with van der Waals surface area (Å²) in [5.41, 5.74) is 4.26. The van der Waals surface area contributed by atoms with Crippen molar-refractivity contribution in [2.75, 3.05) is 10.6 Å². The van der Waals surface area contributed by atoms with Crippen molar-refractivity contribution >= 4 is 23.2 Å². The van der Waals surface area contributed by atoms with Crippen molar-refractivity contribution < 1.29 is 14.3 Å². The molecule has 3 rings (SSSR count). The quantitative estimate of drug-likeness (QED) is 0.623. The Bertz CT molecular complexity index is 998. The van der Waals surface area contributed by atoms with Gasteiger partial charge < -0.3 is 15.4 Å². The Labute approximate surface area is 170 Å². The lowest BCUT2D eigenvalue weighted by molar-refractivity contribution is -0.122. The molecule has 0 saturated carbocycles. The Morgan fingerprint density at radius 3 is 2.14 bits per heavy atom. The molecule has 0 spiro atoms. The molecular formula is C24H24N2O3. The number of anilines is 2. The third-order valence-corrected chi connectivity index (χ3v) is 4.39. The highest BCUT2D eigenvalue weighted by Gasteiger charge is 2.17. The molecule has 2 amide bonds. The Balaban J connectivity index is 1.67. The smallest absolute Gasteiger partial charge is 0.265 e. The van der Waals surface area contributed by atoms with Crippen LogP contribution in [0.5, 0.6) is 5.75 Å². The normalized spacial score (nSPS) is 11.4. The molecule has 148 valence electrons. The maximum absolute atomic E-state index is 12.6. The lowest BCUT2D eigenvalue weighted by Gasteiger charge is -2.17. The SMILES string of the molecule is CC(=O)Nc1ccc(C)cc1NC(=O)C(C)Oc1ccc(-c2ccccc2)cc1. The Morgan fingerprint density at radius 1 is 0.828 bits per heavy atom. The Kier molecular flexibility index (Phi) is 6.29. The van der Waals surface area contributed by atoms with Crippen LogP contribution in [0.4, 0.5) is 11.4 Å². The zero-order valence-corrected chi connectivity index (χ0v) is 16.7. The third-order valence-electron chi connectivity index (χ3n) is 4.39. The van der Waals surface area contributed by atoms with E-state index in [1.807, 2.05) is 73.7 Å². The van der Waals surface area contributed by atoms with Gasteiger partial charge in [0.15, 0.2) is 6.10 Å². The summed E-state index contributed by atoms with van der Waals surface area (Å²) in [7, 11) is 0. The predicted octanol–water partition coefficient (Wildman–Crippen LogP) is 5.03. The molecule has 0 fully saturated rings. The van der Waals surface area contributed by atoms with Crippen LogP contribution in [-0.4, -0.2) is 17.9 Å². The average Bonchev–Trinajstić information content (AvgIpc) is 2.71. The molecule has 5 heteroatoms. The van der Waals surface area contributed by atoms with Crippen molar-refractivity contribution in [1.82, 2.24) is 0 Å². The second-order valence-corrected chi connectivity index (χ2v) is 6.87. The second-order valence-electron chi connectivity index (χ2n) is 6.87. The number of nitrogens with one attached hydrogen (secondary N) is 2. The van der Waals surface area contributed by atoms with Gasteiger partial charge in [-0.3, -0.25) is 9.59 Å². The summed E-state index contributed by atoms with van der Waals surface area (Å²) >= 11 is 0. The maximum Gasteiger partial charge on any atom is 0.265 e. The van der Waals surface area contributed by atoms with Crippen LogP contribution in [0.1, 0.15) is 19.4 Å². The summed E-state index contributed by atoms with van der Waals surface area (Å²) in [6.07, 6.45) is -0.705. The van der Waals surface area contributed by atoms with Gasteiger partial charge in [-0.2, -0.15) is 0 Å². The van der Waals surface area contributed by atoms with E-state index in [1.54, 1.807) is 13.0 Å². The third kappa shape index (κ3) is 5.45. The van der Waals surface area contributed by atoms with Crippen LogP contribution in [0.2, 0.25) is 0 Å². The van der Waals surface area contributed by atoms with Gasteiger partial charge in [-0.25, -0.2) is 0 Å². The predicted molar refractivity (Wildman–Crippen MR) is 116 cm³/mol. The molecule has 0 aliphatic heterocycles. The number of hydrogen-bond acceptors (Lipinski definition) is 3. The molecule has 3 aromatic rings. The van der Waals surface area contributed by atoms with Gasteiger partial charge in [0.25, 0.3) is 5.91 Å². The molecule has 1 atom stereocenters. The van der Waals surface area contributed by atoms with Crippen molar-refractivity contribution in [1.29, 1.82) is 0 Å². The van der Waals surface area contributed by atoms with E-state index in [0.29, 0.717) is 17.1 Å². The van der Waals surface area contributed by atoms with Gasteiger partial charge in [-0.1, -0.05) is 48.5 Å². The number of hydrogen-bond donors (Lipinski definition) is 2. The monoisotopic (exact) mass is 388 g/mol. The summed E-state index contributed by atoms with van der Waals surface area (Å²) in [5, 5.41) is 5.56. The number of ether oxygens (including phenoxy) is 1. The largest absolute Gasteiger partial charge is 0.481 e. The highest BCUT2D eigenvalue weighted by atomic mass is 16.5. The van der Waals surface area contributed by atoms with E-state index in [2.05, 4.69) is 10.6 Å². The number of benzene rings is 3. The minimum absolute atomic E-state index is 0.202. The van der Waals surface area contributed by atoms with Gasteiger partial charge >= 0.3 is 0 Å². The molecule has 0 radical (unpaired) electrons. The lowest BCUT2D eigenvalue weighted by Crippen LogP contribution is -2.30. The van der Waals surface area contributed by atoms with Gasteiger partial charge in [-0.05, 0) is 54.8 Å². The first-order valence-electron chi connectivity index (χ1n) is 9.43. The molecule has 0 aliphatic rings. The van der Waals surface area contributed by atoms with Crippen molar-refractivity contribution in [3.05, 3.63) is 78.4 Å². The zero-order chi connectivity index (χ0) is 20.8. The summed E-state index contributed by atoms with van der Waals surface area (Å²) in [6.45, 7) is 5.03. The number of carbonyl (C=O) groups excluding carboxylic acids is 2. The van der Waals surface area contributed by atoms with E-state index >= 15 is 0 Å². The summed E-state index contributed by atoms with van der Waals surface area (Å²) < 4.78 is 5.79. The van der Waals surface area contributed by atoms with E-state index in [4.69, 9.17) is 4.74 Å². The summed E-state index contributed by atoms with van der Waals surface area (Å²) in [6, 6.07) is 23.1. The van der Waals surface area contributed by atoms with Gasteiger partial charge in [0.1, 0.15) is 5.75 Å². The molecule has 0 saturated heterocycles. The first-order chi connectivity index (χ1) is 13.9. The zero-order valence-electron chi connectivity index (χ0n) is 16.7. The molecule has 29 heavy (non-hydrogen) atoms. The topological polar surface area (TPSA) is 67.4 Å². The lowest BCUT2D eigenvalue weighted by atomic mass is 10.1. The standard InChI is InChI=1S/C24H24N2O3/c1-16-9-14-22(25-18(3)27)23(15-16)26-24(28)17(2)29-21-12-10-20(11-13-21)19-7-5-4-6-8-19/h4-15,17H,1-3H3,(H,25,27)(H,26,28). The van der Waals surface area contributed by atoms with Crippen molar-refractivity contribution in [2.24, 2.45) is 0 Å². The Hall–Kier alpha value is -3.60. The maximum atomic E-state index is 12.6. The highest BCUT2D eigenvalue weighted by Crippen LogP contribution is 2.25. The van der Waals surface area contributed by atoms with Crippen molar-refractivity contribution in [3.8, 4) is 16.9 Å². The fourth-order valence-electron chi connectivity index (χ4n) is 2.91. The number of aryl methyl sites for hydroxylation is 1. The summed E-state index contributed by atoms with van der Waals surface area (Å²) in [5.74, 6) is 0.111. The van der Waals surface area contributed by atoms with Crippen molar-refractivity contribution in [3.63, 3.8) is 0 Å².